The molecule has 5 aromatic rings. The van der Waals surface area contributed by atoms with Crippen molar-refractivity contribution in [2.75, 3.05) is 13.7 Å². The van der Waals surface area contributed by atoms with E-state index in [1.807, 2.05) is 159 Å². The van der Waals surface area contributed by atoms with E-state index in [1.54, 1.807) is 7.11 Å². The molecule has 3 saturated heterocycles. The molecule has 0 radical (unpaired) electrons. The summed E-state index contributed by atoms with van der Waals surface area (Å²) in [5, 5.41) is 0. The summed E-state index contributed by atoms with van der Waals surface area (Å²) in [5.74, 6) is -1.17. The van der Waals surface area contributed by atoms with Gasteiger partial charge in [-0.05, 0) is 34.7 Å². The summed E-state index contributed by atoms with van der Waals surface area (Å²) >= 11 is 0. The van der Waals surface area contributed by atoms with Crippen molar-refractivity contribution in [1.82, 2.24) is 0 Å². The Hall–Kier alpha value is -4.30. The minimum atomic E-state index is -1.17. The van der Waals surface area contributed by atoms with Crippen molar-refractivity contribution in [2.45, 2.75) is 101 Å². The van der Waals surface area contributed by atoms with E-state index in [9.17, 15) is 0 Å². The first-order chi connectivity index (χ1) is 28.6. The Morgan fingerprint density at radius 3 is 1.38 bits per heavy atom. The molecule has 10 nitrogen and oxygen atoms in total. The molecule has 304 valence electrons. The van der Waals surface area contributed by atoms with Crippen LogP contribution in [0.15, 0.2) is 152 Å². The molecule has 5 aromatic carbocycles. The molecule has 10 atom stereocenters. The van der Waals surface area contributed by atoms with Gasteiger partial charge in [0.05, 0.1) is 39.6 Å². The van der Waals surface area contributed by atoms with Crippen LogP contribution in [0.1, 0.15) is 34.7 Å². The highest BCUT2D eigenvalue weighted by atomic mass is 16.9. The van der Waals surface area contributed by atoms with Gasteiger partial charge in [0.25, 0.3) is 0 Å². The van der Waals surface area contributed by atoms with E-state index in [0.717, 1.165) is 27.8 Å². The molecule has 0 unspecified atom stereocenters. The molecule has 0 amide bonds. The summed E-state index contributed by atoms with van der Waals surface area (Å²) in [6.45, 7) is 3.78. The van der Waals surface area contributed by atoms with Crippen molar-refractivity contribution >= 4 is 0 Å². The van der Waals surface area contributed by atoms with Gasteiger partial charge < -0.3 is 47.4 Å². The van der Waals surface area contributed by atoms with Gasteiger partial charge in [-0.15, -0.1) is 0 Å². The van der Waals surface area contributed by atoms with Crippen LogP contribution < -0.4 is 0 Å². The third kappa shape index (κ3) is 9.93. The molecule has 3 heterocycles. The maximum absolute atomic E-state index is 7.09. The van der Waals surface area contributed by atoms with Gasteiger partial charge in [0.2, 0.25) is 0 Å². The van der Waals surface area contributed by atoms with E-state index < -0.39 is 61.1 Å². The minimum Gasteiger partial charge on any atom is -0.374 e. The lowest BCUT2D eigenvalue weighted by molar-refractivity contribution is -0.351. The number of methoxy groups -OCH3 is 1. The first kappa shape index (κ1) is 40.5. The molecule has 10 heteroatoms. The number of hydrogen-bond donors (Lipinski definition) is 0. The zero-order chi connectivity index (χ0) is 39.6. The summed E-state index contributed by atoms with van der Waals surface area (Å²) in [7, 11) is 1.61. The summed E-state index contributed by atoms with van der Waals surface area (Å²) in [4.78, 5) is 0. The maximum atomic E-state index is 7.09. The van der Waals surface area contributed by atoms with Crippen molar-refractivity contribution in [3.63, 3.8) is 0 Å². The van der Waals surface area contributed by atoms with Crippen molar-refractivity contribution in [3.05, 3.63) is 179 Å². The normalized spacial score (nSPS) is 29.1. The van der Waals surface area contributed by atoms with Crippen LogP contribution in [-0.2, 0) is 80.4 Å². The Kier molecular flexibility index (Phi) is 13.7. The van der Waals surface area contributed by atoms with Gasteiger partial charge in [0.15, 0.2) is 18.4 Å². The minimum absolute atomic E-state index is 0.183. The second-order valence-corrected chi connectivity index (χ2v) is 15.0. The lowest BCUT2D eigenvalue weighted by atomic mass is 9.97. The lowest BCUT2D eigenvalue weighted by Crippen LogP contribution is -2.63. The van der Waals surface area contributed by atoms with E-state index >= 15 is 0 Å². The van der Waals surface area contributed by atoms with Crippen LogP contribution in [0.3, 0.4) is 0 Å². The van der Waals surface area contributed by atoms with E-state index in [-0.39, 0.29) is 6.61 Å². The standard InChI is InChI=1S/C48H52O10/c1-48-45(54-32-38-26-16-7-17-27-38)42(52-30-36-22-12-5-13-23-36)44(57-48)47(58-48)56-40-39(33-50-28-34-18-8-3-9-19-34)55-46(49-2)43(53-31-37-24-14-6-15-25-37)41(40)51-29-35-20-10-4-11-21-35/h3-27,39-47H,28-33H2,1-2H3/t39-,40-,41+,42-,43-,44-,45+,46+,47+,48-/m1/s1. The van der Waals surface area contributed by atoms with Crippen molar-refractivity contribution in [2.24, 2.45) is 0 Å². The van der Waals surface area contributed by atoms with E-state index in [2.05, 4.69) is 0 Å². The first-order valence-corrected chi connectivity index (χ1v) is 20.0. The van der Waals surface area contributed by atoms with Gasteiger partial charge in [-0.3, -0.25) is 0 Å². The zero-order valence-electron chi connectivity index (χ0n) is 33.0. The van der Waals surface area contributed by atoms with E-state index in [1.165, 1.54) is 0 Å². The van der Waals surface area contributed by atoms with Crippen molar-refractivity contribution < 1.29 is 47.4 Å². The molecule has 58 heavy (non-hydrogen) atoms. The summed E-state index contributed by atoms with van der Waals surface area (Å²) in [5.41, 5.74) is 5.11. The number of fused-ring (bicyclic) bond motifs is 2. The predicted octanol–water partition coefficient (Wildman–Crippen LogP) is 7.77. The lowest BCUT2D eigenvalue weighted by Gasteiger charge is -2.47. The number of benzene rings is 5. The molecular formula is C48H52O10. The number of ether oxygens (including phenoxy) is 10. The molecule has 8 rings (SSSR count). The van der Waals surface area contributed by atoms with Crippen LogP contribution in [0.25, 0.3) is 0 Å². The van der Waals surface area contributed by atoms with Crippen LogP contribution in [0.2, 0.25) is 0 Å². The molecule has 0 N–H and O–H groups in total. The quantitative estimate of drug-likeness (QED) is 0.0827. The van der Waals surface area contributed by atoms with E-state index in [4.69, 9.17) is 47.4 Å². The molecule has 0 spiro atoms. The third-order valence-electron chi connectivity index (χ3n) is 10.8. The Morgan fingerprint density at radius 2 is 0.897 bits per heavy atom. The van der Waals surface area contributed by atoms with Crippen LogP contribution in [-0.4, -0.2) is 74.8 Å². The first-order valence-electron chi connectivity index (χ1n) is 20.0. The van der Waals surface area contributed by atoms with Crippen LogP contribution in [0.4, 0.5) is 0 Å². The third-order valence-corrected chi connectivity index (χ3v) is 10.8. The molecule has 3 aliphatic heterocycles. The molecule has 0 saturated carbocycles. The summed E-state index contributed by atoms with van der Waals surface area (Å²) < 4.78 is 66.2. The van der Waals surface area contributed by atoms with Gasteiger partial charge in [0.1, 0.15) is 42.7 Å². The molecule has 3 aliphatic rings. The Balaban J connectivity index is 1.08. The highest BCUT2D eigenvalue weighted by Gasteiger charge is 2.66. The second kappa shape index (κ2) is 19.6. The van der Waals surface area contributed by atoms with Gasteiger partial charge in [-0.2, -0.15) is 0 Å². The Labute approximate surface area is 340 Å². The fraction of sp³-hybridized carbons (Fsp3) is 0.375. The SMILES string of the molecule is CO[C@H]1O[C@H](COCc2ccccc2)[C@@H](O[C@H]2O[C@@]3(C)O[C@@H]2[C@@H](OCc2ccccc2)[C@@H]3OCc2ccccc2)[C@H](OCc2ccccc2)[C@H]1OCc1ccccc1. The number of hydrogen-bond acceptors (Lipinski definition) is 10. The van der Waals surface area contributed by atoms with Gasteiger partial charge in [-0.1, -0.05) is 152 Å². The topological polar surface area (TPSA) is 92.3 Å². The largest absolute Gasteiger partial charge is 0.374 e. The Morgan fingerprint density at radius 1 is 0.466 bits per heavy atom. The molecule has 0 aliphatic carbocycles. The summed E-state index contributed by atoms with van der Waals surface area (Å²) in [6, 6.07) is 50.1. The van der Waals surface area contributed by atoms with Crippen LogP contribution in [0, 0.1) is 0 Å². The second-order valence-electron chi connectivity index (χ2n) is 15.0. The zero-order valence-corrected chi connectivity index (χ0v) is 33.0. The smallest absolute Gasteiger partial charge is 0.198 e. The highest BCUT2D eigenvalue weighted by molar-refractivity contribution is 5.18. The van der Waals surface area contributed by atoms with Crippen LogP contribution in [0.5, 0.6) is 0 Å². The maximum Gasteiger partial charge on any atom is 0.198 e. The predicted molar refractivity (Wildman–Crippen MR) is 215 cm³/mol. The molecule has 2 bridgehead atoms. The molecule has 0 aromatic heterocycles. The van der Waals surface area contributed by atoms with Crippen LogP contribution >= 0.6 is 0 Å². The van der Waals surface area contributed by atoms with Gasteiger partial charge in [-0.25, -0.2) is 0 Å². The van der Waals surface area contributed by atoms with Gasteiger partial charge >= 0.3 is 0 Å². The van der Waals surface area contributed by atoms with E-state index in [0.29, 0.717) is 33.0 Å². The fourth-order valence-corrected chi connectivity index (χ4v) is 7.83. The number of rotatable bonds is 19. The average molecular weight is 789 g/mol. The monoisotopic (exact) mass is 788 g/mol. The van der Waals surface area contributed by atoms with Crippen molar-refractivity contribution in [3.8, 4) is 0 Å². The average Bonchev–Trinajstić information content (AvgIpc) is 3.75. The molecular weight excluding hydrogens is 737 g/mol. The fourth-order valence-electron chi connectivity index (χ4n) is 7.83. The summed E-state index contributed by atoms with van der Waals surface area (Å²) in [6.07, 6.45) is -6.13. The Bertz CT molecular complexity index is 1940. The van der Waals surface area contributed by atoms with Gasteiger partial charge in [0, 0.05) is 7.11 Å². The molecule has 3 fully saturated rings. The van der Waals surface area contributed by atoms with Crippen molar-refractivity contribution in [1.29, 1.82) is 0 Å². The highest BCUT2D eigenvalue weighted by Crippen LogP contribution is 2.47.